The molecule has 0 aromatic rings. The van der Waals surface area contributed by atoms with Crippen molar-refractivity contribution < 1.29 is 0 Å². The molecule has 1 heteroatoms. The molecule has 0 bridgehead atoms. The fourth-order valence-electron chi connectivity index (χ4n) is 3.97. The maximum atomic E-state index is 9.35. The second kappa shape index (κ2) is 22.7. The molecule has 0 fully saturated rings. The van der Waals surface area contributed by atoms with Gasteiger partial charge in [0.05, 0.1) is 12.0 Å². The zero-order chi connectivity index (χ0) is 25.4. The predicted molar refractivity (Wildman–Crippen MR) is 154 cm³/mol. The molecule has 0 radical (unpaired) electrons. The molecule has 4 unspecified atom stereocenters. The Balaban J connectivity index is 3.84. The molecular weight excluding hydrogens is 410 g/mol. The molecular formula is C33H53N. The molecule has 0 rings (SSSR count). The van der Waals surface area contributed by atoms with E-state index in [4.69, 9.17) is 0 Å². The van der Waals surface area contributed by atoms with Gasteiger partial charge in [0.1, 0.15) is 0 Å². The minimum absolute atomic E-state index is 0.109. The van der Waals surface area contributed by atoms with Gasteiger partial charge in [-0.3, -0.25) is 0 Å². The monoisotopic (exact) mass is 463 g/mol. The van der Waals surface area contributed by atoms with Gasteiger partial charge < -0.3 is 0 Å². The second-order valence-electron chi connectivity index (χ2n) is 10.1. The highest BCUT2D eigenvalue weighted by Gasteiger charge is 2.13. The first-order chi connectivity index (χ1) is 16.4. The Kier molecular flexibility index (Phi) is 21.3. The predicted octanol–water partition coefficient (Wildman–Crippen LogP) is 10.7. The molecule has 0 saturated heterocycles. The van der Waals surface area contributed by atoms with E-state index in [1.807, 2.05) is 24.3 Å². The van der Waals surface area contributed by atoms with Gasteiger partial charge in [0.15, 0.2) is 0 Å². The van der Waals surface area contributed by atoms with E-state index < -0.39 is 0 Å². The molecule has 34 heavy (non-hydrogen) atoms. The van der Waals surface area contributed by atoms with Crippen LogP contribution in [0.4, 0.5) is 0 Å². The van der Waals surface area contributed by atoms with Crippen molar-refractivity contribution in [2.45, 2.75) is 105 Å². The summed E-state index contributed by atoms with van der Waals surface area (Å²) in [7, 11) is 0. The third kappa shape index (κ3) is 19.4. The number of unbranched alkanes of at least 4 members (excludes halogenated alkanes) is 2. The Morgan fingerprint density at radius 2 is 1.50 bits per heavy atom. The zero-order valence-corrected chi connectivity index (χ0v) is 22.9. The lowest BCUT2D eigenvalue weighted by Gasteiger charge is -2.21. The van der Waals surface area contributed by atoms with E-state index in [2.05, 4.69) is 77.3 Å². The first-order valence-corrected chi connectivity index (χ1v) is 13.8. The van der Waals surface area contributed by atoms with Crippen molar-refractivity contribution in [1.82, 2.24) is 0 Å². The van der Waals surface area contributed by atoms with Crippen LogP contribution in [0.2, 0.25) is 0 Å². The van der Waals surface area contributed by atoms with Gasteiger partial charge in [0, 0.05) is 0 Å². The number of nitrogens with zero attached hydrogens (tertiary/aromatic N) is 1. The molecule has 0 N–H and O–H groups in total. The van der Waals surface area contributed by atoms with Crippen LogP contribution in [0.3, 0.4) is 0 Å². The summed E-state index contributed by atoms with van der Waals surface area (Å²) in [6.45, 7) is 17.0. The molecule has 0 aromatic carbocycles. The Bertz CT molecular complexity index is 669. The first kappa shape index (κ1) is 31.9. The average Bonchev–Trinajstić information content (AvgIpc) is 2.84. The maximum Gasteiger partial charge on any atom is 0.0659 e. The highest BCUT2D eigenvalue weighted by molar-refractivity contribution is 5.18. The Labute approximate surface area is 213 Å². The van der Waals surface area contributed by atoms with Crippen molar-refractivity contribution in [2.24, 2.45) is 23.7 Å². The SMILES string of the molecule is C=C/C=C\CCC(C)C(C)CCC(C)CCCC/C=C\CCC(C#N)C/C=C/C=C\C(=C)CC. The quantitative estimate of drug-likeness (QED) is 0.0943. The normalized spacial score (nSPS) is 15.7. The Morgan fingerprint density at radius 3 is 2.21 bits per heavy atom. The number of rotatable bonds is 21. The molecule has 0 saturated carbocycles. The third-order valence-corrected chi connectivity index (χ3v) is 6.95. The van der Waals surface area contributed by atoms with Gasteiger partial charge >= 0.3 is 0 Å². The topological polar surface area (TPSA) is 23.8 Å². The standard InChI is InChI=1S/C33H53N/c1-7-9-10-18-23-31(5)32(6)27-26-30(4)22-16-13-11-12-14-19-24-33(28-34)25-20-15-17-21-29(3)8-2/h7,9-10,12,14-15,17,20-21,30-33H,1,3,8,11,13,16,18-19,22-27H2,2,4-6H3/b10-9-,14-12-,20-15+,21-17-. The molecule has 0 aromatic heterocycles. The van der Waals surface area contributed by atoms with E-state index in [9.17, 15) is 5.26 Å². The van der Waals surface area contributed by atoms with Crippen molar-refractivity contribution in [1.29, 1.82) is 5.26 Å². The van der Waals surface area contributed by atoms with Crippen LogP contribution in [0.25, 0.3) is 0 Å². The number of allylic oxidation sites excluding steroid dienone is 10. The van der Waals surface area contributed by atoms with Crippen LogP contribution in [0, 0.1) is 35.0 Å². The maximum absolute atomic E-state index is 9.35. The second-order valence-corrected chi connectivity index (χ2v) is 10.1. The van der Waals surface area contributed by atoms with E-state index in [0.717, 1.165) is 49.0 Å². The Hall–Kier alpha value is -2.07. The summed E-state index contributed by atoms with van der Waals surface area (Å²) < 4.78 is 0. The fraction of sp³-hybridized carbons (Fsp3) is 0.606. The average molecular weight is 464 g/mol. The number of hydrogen-bond acceptors (Lipinski definition) is 1. The largest absolute Gasteiger partial charge is 0.198 e. The van der Waals surface area contributed by atoms with E-state index in [1.54, 1.807) is 0 Å². The van der Waals surface area contributed by atoms with E-state index in [-0.39, 0.29) is 5.92 Å². The van der Waals surface area contributed by atoms with Gasteiger partial charge in [-0.25, -0.2) is 0 Å². The zero-order valence-electron chi connectivity index (χ0n) is 22.9. The fourth-order valence-corrected chi connectivity index (χ4v) is 3.97. The summed E-state index contributed by atoms with van der Waals surface area (Å²) >= 11 is 0. The van der Waals surface area contributed by atoms with Gasteiger partial charge in [-0.05, 0) is 69.1 Å². The van der Waals surface area contributed by atoms with Gasteiger partial charge in [0.2, 0.25) is 0 Å². The van der Waals surface area contributed by atoms with Gasteiger partial charge in [-0.15, -0.1) is 0 Å². The summed E-state index contributed by atoms with van der Waals surface area (Å²) in [6.07, 6.45) is 33.0. The van der Waals surface area contributed by atoms with Crippen LogP contribution in [0.15, 0.2) is 73.4 Å². The summed E-state index contributed by atoms with van der Waals surface area (Å²) in [5.74, 6) is 2.55. The molecule has 0 aliphatic heterocycles. The minimum Gasteiger partial charge on any atom is -0.198 e. The molecule has 0 heterocycles. The third-order valence-electron chi connectivity index (χ3n) is 6.95. The lowest BCUT2D eigenvalue weighted by Crippen LogP contribution is -2.09. The first-order valence-electron chi connectivity index (χ1n) is 13.8. The van der Waals surface area contributed by atoms with E-state index >= 15 is 0 Å². The van der Waals surface area contributed by atoms with Crippen molar-refractivity contribution in [3.8, 4) is 6.07 Å². The molecule has 0 aliphatic carbocycles. The van der Waals surface area contributed by atoms with Crippen LogP contribution in [0.5, 0.6) is 0 Å². The summed E-state index contributed by atoms with van der Waals surface area (Å²) in [5.41, 5.74) is 1.13. The van der Waals surface area contributed by atoms with E-state index in [1.165, 1.54) is 51.4 Å². The molecule has 0 amide bonds. The van der Waals surface area contributed by atoms with Crippen LogP contribution < -0.4 is 0 Å². The minimum atomic E-state index is 0.109. The van der Waals surface area contributed by atoms with Crippen molar-refractivity contribution >= 4 is 0 Å². The van der Waals surface area contributed by atoms with Crippen molar-refractivity contribution in [2.75, 3.05) is 0 Å². The molecule has 1 nitrogen and oxygen atoms in total. The number of hydrogen-bond donors (Lipinski definition) is 0. The van der Waals surface area contributed by atoms with Gasteiger partial charge in [0.25, 0.3) is 0 Å². The molecule has 0 spiro atoms. The summed E-state index contributed by atoms with van der Waals surface area (Å²) in [5, 5.41) is 9.35. The highest BCUT2D eigenvalue weighted by atomic mass is 14.3. The smallest absolute Gasteiger partial charge is 0.0659 e. The molecule has 4 atom stereocenters. The lowest BCUT2D eigenvalue weighted by molar-refractivity contribution is 0.311. The molecule has 0 aliphatic rings. The van der Waals surface area contributed by atoms with Gasteiger partial charge in [-0.1, -0.05) is 127 Å². The number of nitriles is 1. The lowest BCUT2D eigenvalue weighted by atomic mass is 9.85. The van der Waals surface area contributed by atoms with Crippen LogP contribution in [0.1, 0.15) is 105 Å². The van der Waals surface area contributed by atoms with Crippen LogP contribution in [-0.4, -0.2) is 0 Å². The van der Waals surface area contributed by atoms with Crippen LogP contribution in [-0.2, 0) is 0 Å². The van der Waals surface area contributed by atoms with Crippen LogP contribution >= 0.6 is 0 Å². The Morgan fingerprint density at radius 1 is 0.794 bits per heavy atom. The van der Waals surface area contributed by atoms with Crippen molar-refractivity contribution in [3.05, 3.63) is 73.4 Å². The highest BCUT2D eigenvalue weighted by Crippen LogP contribution is 2.25. The van der Waals surface area contributed by atoms with Gasteiger partial charge in [-0.2, -0.15) is 5.26 Å². The van der Waals surface area contributed by atoms with Crippen molar-refractivity contribution in [3.63, 3.8) is 0 Å². The molecule has 190 valence electrons. The van der Waals surface area contributed by atoms with E-state index in [0.29, 0.717) is 0 Å². The summed E-state index contributed by atoms with van der Waals surface area (Å²) in [6, 6.07) is 2.44. The summed E-state index contributed by atoms with van der Waals surface area (Å²) in [4.78, 5) is 0.